The van der Waals surface area contributed by atoms with Crippen molar-refractivity contribution >= 4 is 46.3 Å². The highest BCUT2D eigenvalue weighted by atomic mass is 32.1. The van der Waals surface area contributed by atoms with Crippen molar-refractivity contribution < 1.29 is 23.9 Å². The van der Waals surface area contributed by atoms with E-state index >= 15 is 0 Å². The number of Topliss-reactive ketones (excluding diaryl/α,β-unsaturated/α-hetero) is 1. The first-order valence-corrected chi connectivity index (χ1v) is 9.83. The number of benzene rings is 1. The molecule has 0 radical (unpaired) electrons. The molecule has 1 aliphatic heterocycles. The van der Waals surface area contributed by atoms with Crippen molar-refractivity contribution in [1.82, 2.24) is 0 Å². The quantitative estimate of drug-likeness (QED) is 0.543. The maximum Gasteiger partial charge on any atom is 0.306 e. The molecule has 146 valence electrons. The van der Waals surface area contributed by atoms with Crippen LogP contribution in [0.1, 0.15) is 35.4 Å². The summed E-state index contributed by atoms with van der Waals surface area (Å²) in [5.74, 6) is -1.08. The number of anilines is 2. The molecule has 1 aliphatic rings. The number of carbonyl (C=O) groups excluding carboxylic acids is 4. The second-order valence-corrected chi connectivity index (χ2v) is 7.25. The normalized spacial score (nSPS) is 13.4. The third-order valence-electron chi connectivity index (χ3n) is 4.25. The fourth-order valence-electron chi connectivity index (χ4n) is 2.84. The molecule has 1 N–H and O–H groups in total. The highest BCUT2D eigenvalue weighted by Gasteiger charge is 2.21. The Morgan fingerprint density at radius 2 is 1.89 bits per heavy atom. The van der Waals surface area contributed by atoms with Gasteiger partial charge in [-0.25, -0.2) is 0 Å². The molecule has 0 atom stereocenters. The Bertz CT molecular complexity index is 861. The lowest BCUT2D eigenvalue weighted by Crippen LogP contribution is -2.24. The van der Waals surface area contributed by atoms with Crippen molar-refractivity contribution in [1.29, 1.82) is 0 Å². The summed E-state index contributed by atoms with van der Waals surface area (Å²) >= 11 is 1.32. The number of rotatable bonds is 8. The predicted octanol–water partition coefficient (Wildman–Crippen LogP) is 3.02. The number of ketones is 1. The van der Waals surface area contributed by atoms with Crippen LogP contribution in [0.2, 0.25) is 0 Å². The van der Waals surface area contributed by atoms with E-state index in [-0.39, 0.29) is 24.5 Å². The number of ether oxygens (including phenoxy) is 1. The number of hydrogen-bond donors (Lipinski definition) is 1. The molecule has 0 aliphatic carbocycles. The lowest BCUT2D eigenvalue weighted by atomic mass is 10.2. The van der Waals surface area contributed by atoms with Crippen LogP contribution in [-0.4, -0.2) is 36.7 Å². The number of nitrogens with zero attached hydrogens (tertiary/aromatic N) is 1. The number of thiophene rings is 1. The summed E-state index contributed by atoms with van der Waals surface area (Å²) in [6.07, 6.45) is 1.39. The molecular formula is C20H20N2O5S. The van der Waals surface area contributed by atoms with Gasteiger partial charge in [0, 0.05) is 30.8 Å². The standard InChI is InChI=1S/C20H20N2O5S/c23-16(17-3-2-12-28-17)9-10-20(26)27-13-18(24)21-14-5-7-15(8-6-14)22-11-1-4-19(22)25/h2-3,5-8,12H,1,4,9-11,13H2,(H,21,24). The van der Waals surface area contributed by atoms with Gasteiger partial charge < -0.3 is 15.0 Å². The average molecular weight is 400 g/mol. The van der Waals surface area contributed by atoms with Crippen molar-refractivity contribution in [3.05, 3.63) is 46.7 Å². The molecule has 2 aromatic rings. The summed E-state index contributed by atoms with van der Waals surface area (Å²) in [6, 6.07) is 10.4. The summed E-state index contributed by atoms with van der Waals surface area (Å²) in [4.78, 5) is 49.5. The van der Waals surface area contributed by atoms with Gasteiger partial charge in [0.1, 0.15) is 0 Å². The highest BCUT2D eigenvalue weighted by molar-refractivity contribution is 7.12. The van der Waals surface area contributed by atoms with E-state index < -0.39 is 18.5 Å². The molecule has 0 bridgehead atoms. The maximum absolute atomic E-state index is 11.9. The van der Waals surface area contributed by atoms with Crippen molar-refractivity contribution in [3.63, 3.8) is 0 Å². The second kappa shape index (κ2) is 9.27. The van der Waals surface area contributed by atoms with Gasteiger partial charge in [-0.15, -0.1) is 11.3 Å². The molecule has 8 heteroatoms. The van der Waals surface area contributed by atoms with E-state index in [2.05, 4.69) is 5.32 Å². The van der Waals surface area contributed by atoms with Gasteiger partial charge in [0.25, 0.3) is 5.91 Å². The van der Waals surface area contributed by atoms with Gasteiger partial charge in [-0.2, -0.15) is 0 Å². The van der Waals surface area contributed by atoms with E-state index in [1.165, 1.54) is 11.3 Å². The van der Waals surface area contributed by atoms with Crippen molar-refractivity contribution in [2.45, 2.75) is 25.7 Å². The molecular weight excluding hydrogens is 380 g/mol. The third kappa shape index (κ3) is 5.26. The van der Waals surface area contributed by atoms with Crippen LogP contribution in [0.5, 0.6) is 0 Å². The number of amides is 2. The molecule has 1 fully saturated rings. The first-order chi connectivity index (χ1) is 13.5. The Hall–Kier alpha value is -3.00. The first-order valence-electron chi connectivity index (χ1n) is 8.95. The molecule has 0 saturated carbocycles. The molecule has 0 unspecified atom stereocenters. The first kappa shape index (κ1) is 19.8. The zero-order valence-electron chi connectivity index (χ0n) is 15.2. The van der Waals surface area contributed by atoms with Gasteiger partial charge in [-0.1, -0.05) is 6.07 Å². The van der Waals surface area contributed by atoms with Gasteiger partial charge in [-0.05, 0) is 42.1 Å². The number of carbonyl (C=O) groups is 4. The largest absolute Gasteiger partial charge is 0.456 e. The van der Waals surface area contributed by atoms with E-state index in [0.29, 0.717) is 23.5 Å². The smallest absolute Gasteiger partial charge is 0.306 e. The topological polar surface area (TPSA) is 92.8 Å². The Labute approximate surface area is 166 Å². The molecule has 0 spiro atoms. The van der Waals surface area contributed by atoms with E-state index in [1.54, 1.807) is 46.7 Å². The molecule has 1 aromatic carbocycles. The van der Waals surface area contributed by atoms with Gasteiger partial charge in [0.15, 0.2) is 12.4 Å². The van der Waals surface area contributed by atoms with Crippen LogP contribution in [0.4, 0.5) is 11.4 Å². The van der Waals surface area contributed by atoms with Gasteiger partial charge >= 0.3 is 5.97 Å². The summed E-state index contributed by atoms with van der Waals surface area (Å²) in [6.45, 7) is 0.286. The zero-order valence-corrected chi connectivity index (χ0v) is 16.0. The van der Waals surface area contributed by atoms with E-state index in [0.717, 1.165) is 12.1 Å². The lowest BCUT2D eigenvalue weighted by Gasteiger charge is -2.16. The van der Waals surface area contributed by atoms with Crippen molar-refractivity contribution in [2.75, 3.05) is 23.4 Å². The number of hydrogen-bond acceptors (Lipinski definition) is 6. The Morgan fingerprint density at radius 3 is 2.54 bits per heavy atom. The fraction of sp³-hybridized carbons (Fsp3) is 0.300. The zero-order chi connectivity index (χ0) is 19.9. The Morgan fingerprint density at radius 1 is 1.11 bits per heavy atom. The molecule has 2 heterocycles. The van der Waals surface area contributed by atoms with Crippen molar-refractivity contribution in [2.24, 2.45) is 0 Å². The minimum Gasteiger partial charge on any atom is -0.456 e. The Kier molecular flexibility index (Phi) is 6.54. The van der Waals surface area contributed by atoms with Gasteiger partial charge in [-0.3, -0.25) is 19.2 Å². The monoisotopic (exact) mass is 400 g/mol. The minimum atomic E-state index is -0.594. The van der Waals surface area contributed by atoms with E-state index in [1.807, 2.05) is 0 Å². The van der Waals surface area contributed by atoms with Crippen LogP contribution >= 0.6 is 11.3 Å². The van der Waals surface area contributed by atoms with Crippen LogP contribution in [0, 0.1) is 0 Å². The molecule has 28 heavy (non-hydrogen) atoms. The maximum atomic E-state index is 11.9. The van der Waals surface area contributed by atoms with Crippen LogP contribution in [0.25, 0.3) is 0 Å². The number of esters is 1. The molecule has 7 nitrogen and oxygen atoms in total. The summed E-state index contributed by atoms with van der Waals surface area (Å²) < 4.78 is 4.91. The van der Waals surface area contributed by atoms with Crippen LogP contribution in [-0.2, 0) is 19.1 Å². The van der Waals surface area contributed by atoms with Crippen LogP contribution in [0.3, 0.4) is 0 Å². The van der Waals surface area contributed by atoms with E-state index in [4.69, 9.17) is 4.74 Å². The highest BCUT2D eigenvalue weighted by Crippen LogP contribution is 2.23. The summed E-state index contributed by atoms with van der Waals surface area (Å²) in [5, 5.41) is 4.43. The number of nitrogens with one attached hydrogen (secondary N) is 1. The third-order valence-corrected chi connectivity index (χ3v) is 5.16. The molecule has 1 aromatic heterocycles. The molecule has 2 amide bonds. The SMILES string of the molecule is O=C(COC(=O)CCC(=O)c1cccs1)Nc1ccc(N2CCCC2=O)cc1. The minimum absolute atomic E-state index is 0.0532. The lowest BCUT2D eigenvalue weighted by molar-refractivity contribution is -0.147. The van der Waals surface area contributed by atoms with Crippen LogP contribution in [0.15, 0.2) is 41.8 Å². The van der Waals surface area contributed by atoms with Crippen LogP contribution < -0.4 is 10.2 Å². The average Bonchev–Trinajstić information content (AvgIpc) is 3.37. The molecule has 1 saturated heterocycles. The van der Waals surface area contributed by atoms with Gasteiger partial charge in [0.05, 0.1) is 11.3 Å². The summed E-state index contributed by atoms with van der Waals surface area (Å²) in [7, 11) is 0. The van der Waals surface area contributed by atoms with Gasteiger partial charge in [0.2, 0.25) is 5.91 Å². The second-order valence-electron chi connectivity index (χ2n) is 6.31. The summed E-state index contributed by atoms with van der Waals surface area (Å²) in [5.41, 5.74) is 1.34. The fourth-order valence-corrected chi connectivity index (χ4v) is 3.53. The van der Waals surface area contributed by atoms with Crippen molar-refractivity contribution in [3.8, 4) is 0 Å². The Balaban J connectivity index is 1.39. The van der Waals surface area contributed by atoms with E-state index in [9.17, 15) is 19.2 Å². The molecule has 3 rings (SSSR count). The predicted molar refractivity (Wildman–Crippen MR) is 106 cm³/mol.